The Balaban J connectivity index is 1.34. The van der Waals surface area contributed by atoms with Gasteiger partial charge in [-0.05, 0) is 29.8 Å². The van der Waals surface area contributed by atoms with Crippen molar-refractivity contribution in [2.75, 3.05) is 24.3 Å². The number of hydrogen-bond acceptors (Lipinski definition) is 5. The predicted octanol–water partition coefficient (Wildman–Crippen LogP) is 4.73. The molecule has 144 valence electrons. The Kier molecular flexibility index (Phi) is 5.87. The van der Waals surface area contributed by atoms with Gasteiger partial charge in [-0.1, -0.05) is 39.8 Å². The third kappa shape index (κ3) is 4.69. The van der Waals surface area contributed by atoms with Crippen LogP contribution in [0.2, 0.25) is 0 Å². The largest absolute Gasteiger partial charge is 0.490 e. The SMILES string of the molecule is O=C(CSc1ncc(-c2ccc(Br)cc2)[nH]1)Nc1ccc2c(c1)OCCCO2. The second kappa shape index (κ2) is 8.70. The van der Waals surface area contributed by atoms with Gasteiger partial charge in [-0.25, -0.2) is 4.98 Å². The highest BCUT2D eigenvalue weighted by molar-refractivity contribution is 9.10. The van der Waals surface area contributed by atoms with Crippen molar-refractivity contribution >= 4 is 39.3 Å². The summed E-state index contributed by atoms with van der Waals surface area (Å²) in [6, 6.07) is 13.4. The van der Waals surface area contributed by atoms with Crippen LogP contribution in [0.1, 0.15) is 6.42 Å². The summed E-state index contributed by atoms with van der Waals surface area (Å²) in [6.45, 7) is 1.25. The number of imidazole rings is 1. The molecule has 0 saturated carbocycles. The molecular formula is C20H18BrN3O3S. The van der Waals surface area contributed by atoms with Gasteiger partial charge in [0, 0.05) is 22.6 Å². The second-order valence-electron chi connectivity index (χ2n) is 6.16. The van der Waals surface area contributed by atoms with Crippen LogP contribution in [-0.2, 0) is 4.79 Å². The monoisotopic (exact) mass is 459 g/mol. The van der Waals surface area contributed by atoms with Gasteiger partial charge in [-0.15, -0.1) is 0 Å². The maximum atomic E-state index is 12.3. The molecule has 8 heteroatoms. The van der Waals surface area contributed by atoms with E-state index in [1.165, 1.54) is 11.8 Å². The Hall–Kier alpha value is -2.45. The number of thioether (sulfide) groups is 1. The number of amides is 1. The molecule has 1 amide bonds. The highest BCUT2D eigenvalue weighted by Gasteiger charge is 2.12. The van der Waals surface area contributed by atoms with E-state index in [9.17, 15) is 4.79 Å². The Bertz CT molecular complexity index is 975. The molecule has 0 radical (unpaired) electrons. The Morgan fingerprint density at radius 1 is 1.14 bits per heavy atom. The molecule has 6 nitrogen and oxygen atoms in total. The zero-order valence-electron chi connectivity index (χ0n) is 14.9. The van der Waals surface area contributed by atoms with E-state index in [2.05, 4.69) is 31.2 Å². The predicted molar refractivity (Wildman–Crippen MR) is 113 cm³/mol. The quantitative estimate of drug-likeness (QED) is 0.539. The maximum Gasteiger partial charge on any atom is 0.234 e. The van der Waals surface area contributed by atoms with Gasteiger partial charge in [0.25, 0.3) is 0 Å². The molecule has 1 aromatic heterocycles. The Morgan fingerprint density at radius 2 is 1.93 bits per heavy atom. The number of hydrogen-bond donors (Lipinski definition) is 2. The lowest BCUT2D eigenvalue weighted by Crippen LogP contribution is -2.14. The molecule has 1 aliphatic heterocycles. The van der Waals surface area contributed by atoms with Crippen LogP contribution >= 0.6 is 27.7 Å². The zero-order valence-corrected chi connectivity index (χ0v) is 17.3. The number of nitrogens with one attached hydrogen (secondary N) is 2. The van der Waals surface area contributed by atoms with E-state index in [0.29, 0.717) is 35.6 Å². The number of nitrogens with zero attached hydrogens (tertiary/aromatic N) is 1. The van der Waals surface area contributed by atoms with Crippen LogP contribution in [0.4, 0.5) is 5.69 Å². The first kappa shape index (κ1) is 18.9. The molecule has 3 aromatic rings. The number of carbonyl (C=O) groups excluding carboxylic acids is 1. The van der Waals surface area contributed by atoms with Crippen molar-refractivity contribution < 1.29 is 14.3 Å². The highest BCUT2D eigenvalue weighted by Crippen LogP contribution is 2.32. The first-order valence-electron chi connectivity index (χ1n) is 8.80. The number of halogens is 1. The van der Waals surface area contributed by atoms with Gasteiger partial charge in [0.15, 0.2) is 16.7 Å². The molecule has 0 saturated heterocycles. The van der Waals surface area contributed by atoms with Crippen molar-refractivity contribution in [2.45, 2.75) is 11.6 Å². The normalized spacial score (nSPS) is 13.0. The summed E-state index contributed by atoms with van der Waals surface area (Å²) in [4.78, 5) is 19.9. The van der Waals surface area contributed by atoms with Gasteiger partial charge >= 0.3 is 0 Å². The molecular weight excluding hydrogens is 442 g/mol. The van der Waals surface area contributed by atoms with Crippen LogP contribution in [0.15, 0.2) is 58.3 Å². The van der Waals surface area contributed by atoms with Gasteiger partial charge < -0.3 is 19.8 Å². The third-order valence-corrected chi connectivity index (χ3v) is 5.50. The minimum atomic E-state index is -0.110. The summed E-state index contributed by atoms with van der Waals surface area (Å²) < 4.78 is 12.3. The van der Waals surface area contributed by atoms with Crippen LogP contribution in [-0.4, -0.2) is 34.8 Å². The summed E-state index contributed by atoms with van der Waals surface area (Å²) >= 11 is 4.78. The van der Waals surface area contributed by atoms with Crippen LogP contribution in [0.25, 0.3) is 11.3 Å². The van der Waals surface area contributed by atoms with E-state index in [-0.39, 0.29) is 11.7 Å². The first-order valence-corrected chi connectivity index (χ1v) is 10.6. The van der Waals surface area contributed by atoms with Crippen LogP contribution in [0, 0.1) is 0 Å². The lowest BCUT2D eigenvalue weighted by molar-refractivity contribution is -0.113. The fraction of sp³-hybridized carbons (Fsp3) is 0.200. The van der Waals surface area contributed by atoms with Crippen molar-refractivity contribution in [3.05, 3.63) is 53.1 Å². The van der Waals surface area contributed by atoms with Gasteiger partial charge in [0.2, 0.25) is 5.91 Å². The van der Waals surface area contributed by atoms with E-state index in [0.717, 1.165) is 22.2 Å². The molecule has 2 N–H and O–H groups in total. The molecule has 2 heterocycles. The second-order valence-corrected chi connectivity index (χ2v) is 8.04. The van der Waals surface area contributed by atoms with E-state index in [1.54, 1.807) is 12.3 Å². The molecule has 1 aliphatic rings. The number of aromatic nitrogens is 2. The molecule has 28 heavy (non-hydrogen) atoms. The summed E-state index contributed by atoms with van der Waals surface area (Å²) in [5.41, 5.74) is 2.64. The number of ether oxygens (including phenoxy) is 2. The van der Waals surface area contributed by atoms with E-state index in [4.69, 9.17) is 9.47 Å². The lowest BCUT2D eigenvalue weighted by Gasteiger charge is -2.10. The number of rotatable bonds is 5. The standard InChI is InChI=1S/C20H18BrN3O3S/c21-14-4-2-13(3-5-14)16-11-22-20(24-16)28-12-19(25)23-15-6-7-17-18(10-15)27-9-1-8-26-17/h2-7,10-11H,1,8-9,12H2,(H,22,24)(H,23,25). The van der Waals surface area contributed by atoms with Crippen LogP contribution in [0.5, 0.6) is 11.5 Å². The number of benzene rings is 2. The van der Waals surface area contributed by atoms with Gasteiger partial charge in [-0.3, -0.25) is 4.79 Å². The minimum absolute atomic E-state index is 0.110. The topological polar surface area (TPSA) is 76.2 Å². The maximum absolute atomic E-state index is 12.3. The Morgan fingerprint density at radius 3 is 2.75 bits per heavy atom. The van der Waals surface area contributed by atoms with Crippen molar-refractivity contribution in [1.29, 1.82) is 0 Å². The number of aromatic amines is 1. The average molecular weight is 460 g/mol. The summed E-state index contributed by atoms with van der Waals surface area (Å²) in [5, 5.41) is 3.59. The lowest BCUT2D eigenvalue weighted by atomic mass is 10.2. The third-order valence-electron chi connectivity index (χ3n) is 4.08. The fourth-order valence-electron chi connectivity index (χ4n) is 2.72. The highest BCUT2D eigenvalue weighted by atomic mass is 79.9. The average Bonchev–Trinajstić information content (AvgIpc) is 3.05. The molecule has 0 spiro atoms. The summed E-state index contributed by atoms with van der Waals surface area (Å²) in [6.07, 6.45) is 2.62. The minimum Gasteiger partial charge on any atom is -0.490 e. The molecule has 0 fully saturated rings. The van der Waals surface area contributed by atoms with Crippen molar-refractivity contribution in [3.63, 3.8) is 0 Å². The number of carbonyl (C=O) groups is 1. The van der Waals surface area contributed by atoms with E-state index in [1.807, 2.05) is 36.4 Å². The van der Waals surface area contributed by atoms with Crippen molar-refractivity contribution in [3.8, 4) is 22.8 Å². The smallest absolute Gasteiger partial charge is 0.234 e. The van der Waals surface area contributed by atoms with Gasteiger partial charge in [0.05, 0.1) is 30.9 Å². The van der Waals surface area contributed by atoms with Crippen molar-refractivity contribution in [2.24, 2.45) is 0 Å². The molecule has 0 atom stereocenters. The van der Waals surface area contributed by atoms with Crippen LogP contribution in [0.3, 0.4) is 0 Å². The molecule has 0 bridgehead atoms. The summed E-state index contributed by atoms with van der Waals surface area (Å²) in [5.74, 6) is 1.51. The number of fused-ring (bicyclic) bond motifs is 1. The summed E-state index contributed by atoms with van der Waals surface area (Å²) in [7, 11) is 0. The van der Waals surface area contributed by atoms with Crippen molar-refractivity contribution in [1.82, 2.24) is 9.97 Å². The van der Waals surface area contributed by atoms with E-state index < -0.39 is 0 Å². The first-order chi connectivity index (χ1) is 13.7. The molecule has 2 aromatic carbocycles. The van der Waals surface area contributed by atoms with Crippen LogP contribution < -0.4 is 14.8 Å². The van der Waals surface area contributed by atoms with E-state index >= 15 is 0 Å². The van der Waals surface area contributed by atoms with Gasteiger partial charge in [-0.2, -0.15) is 0 Å². The van der Waals surface area contributed by atoms with Gasteiger partial charge in [0.1, 0.15) is 0 Å². The number of H-pyrrole nitrogens is 1. The molecule has 0 unspecified atom stereocenters. The molecule has 4 rings (SSSR count). The Labute approximate surface area is 175 Å². The number of anilines is 1. The fourth-order valence-corrected chi connectivity index (χ4v) is 3.64. The zero-order chi connectivity index (χ0) is 19.3. The molecule has 0 aliphatic carbocycles.